The molecule has 5 rings (SSSR count). The zero-order valence-electron chi connectivity index (χ0n) is 19.2. The molecule has 3 aliphatic rings. The maximum absolute atomic E-state index is 6.00. The van der Waals surface area contributed by atoms with Gasteiger partial charge in [0.15, 0.2) is 5.16 Å². The van der Waals surface area contributed by atoms with Gasteiger partial charge in [-0.3, -0.25) is 9.88 Å². The van der Waals surface area contributed by atoms with E-state index >= 15 is 0 Å². The van der Waals surface area contributed by atoms with Gasteiger partial charge in [-0.05, 0) is 69.2 Å². The zero-order valence-corrected chi connectivity index (χ0v) is 20.0. The van der Waals surface area contributed by atoms with Crippen molar-refractivity contribution in [3.63, 3.8) is 0 Å². The van der Waals surface area contributed by atoms with Gasteiger partial charge in [-0.15, -0.1) is 10.2 Å². The van der Waals surface area contributed by atoms with E-state index in [4.69, 9.17) is 14.9 Å². The predicted molar refractivity (Wildman–Crippen MR) is 128 cm³/mol. The van der Waals surface area contributed by atoms with Crippen molar-refractivity contribution in [1.29, 1.82) is 0 Å². The summed E-state index contributed by atoms with van der Waals surface area (Å²) in [4.78, 5) is 6.81. The van der Waals surface area contributed by atoms with Crippen LogP contribution in [0.1, 0.15) is 75.1 Å². The first-order chi connectivity index (χ1) is 15.8. The molecule has 2 aromatic heterocycles. The third kappa shape index (κ3) is 5.72. The molecule has 2 aliphatic heterocycles. The van der Waals surface area contributed by atoms with Crippen molar-refractivity contribution < 1.29 is 4.74 Å². The summed E-state index contributed by atoms with van der Waals surface area (Å²) in [5.41, 5.74) is 1.30. The highest BCUT2D eigenvalue weighted by Crippen LogP contribution is 2.33. The van der Waals surface area contributed by atoms with E-state index in [0.29, 0.717) is 12.0 Å². The van der Waals surface area contributed by atoms with E-state index in [1.54, 1.807) is 0 Å². The maximum Gasteiger partial charge on any atom is 0.191 e. The molecule has 6 nitrogen and oxygen atoms in total. The Morgan fingerprint density at radius 1 is 1.00 bits per heavy atom. The van der Waals surface area contributed by atoms with Crippen molar-refractivity contribution in [2.75, 3.05) is 25.4 Å². The lowest BCUT2D eigenvalue weighted by molar-refractivity contribution is 0.0931. The zero-order chi connectivity index (χ0) is 21.6. The largest absolute Gasteiger partial charge is 0.376 e. The van der Waals surface area contributed by atoms with Crippen molar-refractivity contribution in [3.8, 4) is 0 Å². The van der Waals surface area contributed by atoms with Crippen LogP contribution in [0.5, 0.6) is 0 Å². The molecule has 2 aromatic rings. The number of aromatic nitrogens is 4. The van der Waals surface area contributed by atoms with Crippen molar-refractivity contribution in [1.82, 2.24) is 24.6 Å². The summed E-state index contributed by atoms with van der Waals surface area (Å²) in [7, 11) is 0. The van der Waals surface area contributed by atoms with Gasteiger partial charge in [-0.2, -0.15) is 0 Å². The number of hydrogen-bond acceptors (Lipinski definition) is 6. The second kappa shape index (κ2) is 11.1. The smallest absolute Gasteiger partial charge is 0.191 e. The molecule has 1 unspecified atom stereocenters. The minimum Gasteiger partial charge on any atom is -0.376 e. The summed E-state index contributed by atoms with van der Waals surface area (Å²) in [5.74, 6) is 3.74. The molecule has 32 heavy (non-hydrogen) atoms. The van der Waals surface area contributed by atoms with E-state index in [2.05, 4.69) is 20.5 Å². The maximum atomic E-state index is 6.00. The van der Waals surface area contributed by atoms with Crippen molar-refractivity contribution in [3.05, 3.63) is 35.9 Å². The third-order valence-electron chi connectivity index (χ3n) is 7.41. The van der Waals surface area contributed by atoms with Gasteiger partial charge in [0.05, 0.1) is 12.6 Å². The standard InChI is InChI=1S/C25H37N5OS/c1-2-6-20(7-3-1)19-32-25-28-27-24(30(25)18-23-9-5-15-31-23)22-10-13-29(14-11-22)17-21-8-4-12-26-16-21/h4,8,12,16,20,22-23H,1-3,5-7,9-11,13-15,17-19H2. The van der Waals surface area contributed by atoms with E-state index in [0.717, 1.165) is 63.1 Å². The third-order valence-corrected chi connectivity index (χ3v) is 8.61. The summed E-state index contributed by atoms with van der Waals surface area (Å²) in [5, 5.41) is 10.6. The molecule has 1 saturated carbocycles. The molecule has 0 bridgehead atoms. The lowest BCUT2D eigenvalue weighted by Crippen LogP contribution is -2.33. The summed E-state index contributed by atoms with van der Waals surface area (Å²) >= 11 is 1.94. The SMILES string of the molecule is c1cncc(CN2CCC(c3nnc(SCC4CCCCC4)n3CC3CCCO3)CC2)c1. The van der Waals surface area contributed by atoms with Gasteiger partial charge in [0.1, 0.15) is 5.82 Å². The van der Waals surface area contributed by atoms with Gasteiger partial charge >= 0.3 is 0 Å². The number of piperidine rings is 1. The lowest BCUT2D eigenvalue weighted by atomic mass is 9.91. The van der Waals surface area contributed by atoms with Gasteiger partial charge < -0.3 is 9.30 Å². The summed E-state index contributed by atoms with van der Waals surface area (Å²) in [6, 6.07) is 4.20. The average molecular weight is 456 g/mol. The molecule has 0 aromatic carbocycles. The summed E-state index contributed by atoms with van der Waals surface area (Å²) < 4.78 is 8.44. The Morgan fingerprint density at radius 2 is 1.88 bits per heavy atom. The topological polar surface area (TPSA) is 56.1 Å². The monoisotopic (exact) mass is 455 g/mol. The Morgan fingerprint density at radius 3 is 2.62 bits per heavy atom. The van der Waals surface area contributed by atoms with Crippen LogP contribution in [-0.4, -0.2) is 56.2 Å². The Hall–Kier alpha value is -1.44. The molecule has 7 heteroatoms. The van der Waals surface area contributed by atoms with E-state index in [1.807, 2.05) is 30.2 Å². The van der Waals surface area contributed by atoms with Crippen LogP contribution in [0.15, 0.2) is 29.7 Å². The Balaban J connectivity index is 1.23. The Labute approximate surface area is 196 Å². The molecular weight excluding hydrogens is 418 g/mol. The number of hydrogen-bond donors (Lipinski definition) is 0. The van der Waals surface area contributed by atoms with E-state index in [1.165, 1.54) is 55.7 Å². The number of nitrogens with zero attached hydrogens (tertiary/aromatic N) is 5. The fourth-order valence-corrected chi connectivity index (χ4v) is 6.66. The van der Waals surface area contributed by atoms with E-state index in [9.17, 15) is 0 Å². The molecule has 3 fully saturated rings. The number of likely N-dealkylation sites (tertiary alicyclic amines) is 1. The van der Waals surface area contributed by atoms with Crippen LogP contribution < -0.4 is 0 Å². The minimum absolute atomic E-state index is 0.324. The molecule has 0 radical (unpaired) electrons. The molecule has 174 valence electrons. The first-order valence-corrected chi connectivity index (χ1v) is 13.6. The molecule has 2 saturated heterocycles. The second-order valence-corrected chi connectivity index (χ2v) is 10.8. The second-order valence-electron chi connectivity index (χ2n) is 9.81. The molecule has 4 heterocycles. The molecule has 1 atom stereocenters. The number of pyridine rings is 1. The Bertz CT molecular complexity index is 824. The van der Waals surface area contributed by atoms with Gasteiger partial charge in [-0.25, -0.2) is 0 Å². The van der Waals surface area contributed by atoms with Gasteiger partial charge in [0, 0.05) is 37.2 Å². The van der Waals surface area contributed by atoms with Gasteiger partial charge in [0.25, 0.3) is 0 Å². The van der Waals surface area contributed by atoms with Crippen molar-refractivity contribution in [2.45, 2.75) is 88.1 Å². The van der Waals surface area contributed by atoms with E-state index < -0.39 is 0 Å². The van der Waals surface area contributed by atoms with Crippen molar-refractivity contribution >= 4 is 11.8 Å². The first-order valence-electron chi connectivity index (χ1n) is 12.6. The fraction of sp³-hybridized carbons (Fsp3) is 0.720. The number of rotatable bonds is 8. The van der Waals surface area contributed by atoms with Crippen LogP contribution in [0.4, 0.5) is 0 Å². The highest BCUT2D eigenvalue weighted by Gasteiger charge is 2.29. The normalized spacial score (nSPS) is 23.7. The number of thioether (sulfide) groups is 1. The van der Waals surface area contributed by atoms with Crippen LogP contribution in [0.3, 0.4) is 0 Å². The first kappa shape index (κ1) is 22.4. The van der Waals surface area contributed by atoms with Crippen LogP contribution >= 0.6 is 11.8 Å². The van der Waals surface area contributed by atoms with Crippen LogP contribution in [0.25, 0.3) is 0 Å². The molecule has 0 amide bonds. The van der Waals surface area contributed by atoms with Crippen molar-refractivity contribution in [2.24, 2.45) is 5.92 Å². The Kier molecular flexibility index (Phi) is 7.77. The predicted octanol–water partition coefficient (Wildman–Crippen LogP) is 4.90. The minimum atomic E-state index is 0.324. The van der Waals surface area contributed by atoms with Gasteiger partial charge in [-0.1, -0.05) is 37.1 Å². The number of ether oxygens (including phenoxy) is 1. The van der Waals surface area contributed by atoms with Gasteiger partial charge in [0.2, 0.25) is 0 Å². The van der Waals surface area contributed by atoms with Crippen LogP contribution in [0, 0.1) is 5.92 Å². The lowest BCUT2D eigenvalue weighted by Gasteiger charge is -2.31. The molecular formula is C25H37N5OS. The van der Waals surface area contributed by atoms with Crippen LogP contribution in [0.2, 0.25) is 0 Å². The molecule has 0 N–H and O–H groups in total. The summed E-state index contributed by atoms with van der Waals surface area (Å²) in [6.07, 6.45) is 15.8. The highest BCUT2D eigenvalue weighted by molar-refractivity contribution is 7.99. The van der Waals surface area contributed by atoms with E-state index in [-0.39, 0.29) is 0 Å². The quantitative estimate of drug-likeness (QED) is 0.528. The average Bonchev–Trinajstić information content (AvgIpc) is 3.50. The fourth-order valence-electron chi connectivity index (χ4n) is 5.52. The van der Waals surface area contributed by atoms with Crippen LogP contribution in [-0.2, 0) is 17.8 Å². The molecule has 1 aliphatic carbocycles. The molecule has 0 spiro atoms. The summed E-state index contributed by atoms with van der Waals surface area (Å²) in [6.45, 7) is 5.03. The highest BCUT2D eigenvalue weighted by atomic mass is 32.2.